The summed E-state index contributed by atoms with van der Waals surface area (Å²) in [6.07, 6.45) is 0.528. The summed E-state index contributed by atoms with van der Waals surface area (Å²) in [4.78, 5) is 24.7. The number of carboxylic acid groups (broad SMARTS) is 1. The van der Waals surface area contributed by atoms with Gasteiger partial charge >= 0.3 is 5.97 Å². The minimum Gasteiger partial charge on any atom is -0.481 e. The number of hydrogen-bond donors (Lipinski definition) is 2. The van der Waals surface area contributed by atoms with Crippen LogP contribution >= 0.6 is 11.3 Å². The van der Waals surface area contributed by atoms with Gasteiger partial charge in [-0.3, -0.25) is 9.59 Å². The third kappa shape index (κ3) is 4.05. The fourth-order valence-corrected chi connectivity index (χ4v) is 4.50. The van der Waals surface area contributed by atoms with Gasteiger partial charge in [-0.1, -0.05) is 13.0 Å². The van der Waals surface area contributed by atoms with Crippen LogP contribution in [0.5, 0.6) is 0 Å². The average Bonchev–Trinajstić information content (AvgIpc) is 2.99. The summed E-state index contributed by atoms with van der Waals surface area (Å²) in [5.41, 5.74) is 0. The highest BCUT2D eigenvalue weighted by molar-refractivity contribution is 7.91. The van der Waals surface area contributed by atoms with Crippen molar-refractivity contribution in [3.8, 4) is 0 Å². The fraction of sp³-hybridized carbons (Fsp3) is 0.538. The highest BCUT2D eigenvalue weighted by Gasteiger charge is 2.32. The van der Waals surface area contributed by atoms with Crippen molar-refractivity contribution in [3.05, 3.63) is 17.5 Å². The van der Waals surface area contributed by atoms with Crippen LogP contribution in [0.3, 0.4) is 0 Å². The van der Waals surface area contributed by atoms with Crippen molar-refractivity contribution in [1.29, 1.82) is 0 Å². The molecule has 0 saturated carbocycles. The van der Waals surface area contributed by atoms with Crippen molar-refractivity contribution in [3.63, 3.8) is 0 Å². The molecule has 1 aliphatic heterocycles. The first-order valence-corrected chi connectivity index (χ1v) is 9.19. The van der Waals surface area contributed by atoms with Crippen LogP contribution < -0.4 is 4.72 Å². The maximum absolute atomic E-state index is 12.1. The Balaban J connectivity index is 1.96. The van der Waals surface area contributed by atoms with Crippen LogP contribution in [0.2, 0.25) is 0 Å². The molecule has 1 aromatic heterocycles. The number of amides is 1. The zero-order valence-corrected chi connectivity index (χ0v) is 13.7. The molecule has 122 valence electrons. The van der Waals surface area contributed by atoms with E-state index in [0.717, 1.165) is 11.3 Å². The van der Waals surface area contributed by atoms with Crippen molar-refractivity contribution >= 4 is 33.2 Å². The molecule has 0 radical (unpaired) electrons. The van der Waals surface area contributed by atoms with Gasteiger partial charge in [0.2, 0.25) is 5.91 Å². The van der Waals surface area contributed by atoms with Crippen LogP contribution in [0, 0.1) is 11.8 Å². The number of thiophene rings is 1. The van der Waals surface area contributed by atoms with Crippen molar-refractivity contribution in [2.45, 2.75) is 17.6 Å². The van der Waals surface area contributed by atoms with Crippen molar-refractivity contribution in [2.75, 3.05) is 19.6 Å². The summed E-state index contributed by atoms with van der Waals surface area (Å²) in [7, 11) is -3.69. The van der Waals surface area contributed by atoms with Crippen LogP contribution in [0.1, 0.15) is 13.3 Å². The molecule has 1 aliphatic rings. The minimum atomic E-state index is -3.69. The Morgan fingerprint density at radius 3 is 2.77 bits per heavy atom. The van der Waals surface area contributed by atoms with Crippen LogP contribution in [0.4, 0.5) is 0 Å². The molecule has 2 N–H and O–H groups in total. The molecule has 9 heteroatoms. The Kier molecular flexibility index (Phi) is 5.20. The molecule has 1 saturated heterocycles. The Hall–Kier alpha value is -1.45. The van der Waals surface area contributed by atoms with E-state index in [9.17, 15) is 18.0 Å². The van der Waals surface area contributed by atoms with E-state index in [1.807, 2.05) is 6.92 Å². The van der Waals surface area contributed by atoms with Crippen molar-refractivity contribution in [1.82, 2.24) is 9.62 Å². The first-order valence-electron chi connectivity index (χ1n) is 6.83. The summed E-state index contributed by atoms with van der Waals surface area (Å²) < 4.78 is 26.3. The third-order valence-corrected chi connectivity index (χ3v) is 6.33. The number of nitrogens with zero attached hydrogens (tertiary/aromatic N) is 1. The summed E-state index contributed by atoms with van der Waals surface area (Å²) in [5.74, 6) is -1.85. The molecule has 7 nitrogen and oxygen atoms in total. The van der Waals surface area contributed by atoms with E-state index < -0.39 is 27.8 Å². The molecule has 2 unspecified atom stereocenters. The Labute approximate surface area is 133 Å². The minimum absolute atomic E-state index is 0.0766. The number of carboxylic acids is 1. The molecule has 1 aromatic rings. The van der Waals surface area contributed by atoms with Crippen LogP contribution in [0.25, 0.3) is 0 Å². The van der Waals surface area contributed by atoms with Gasteiger partial charge in [0.05, 0.1) is 12.5 Å². The van der Waals surface area contributed by atoms with Gasteiger partial charge in [-0.2, -0.15) is 0 Å². The number of aliphatic carboxylic acids is 1. The molecule has 0 aliphatic carbocycles. The van der Waals surface area contributed by atoms with Gasteiger partial charge < -0.3 is 10.0 Å². The third-order valence-electron chi connectivity index (χ3n) is 3.54. The highest BCUT2D eigenvalue weighted by Crippen LogP contribution is 2.22. The monoisotopic (exact) mass is 346 g/mol. The Bertz CT molecular complexity index is 641. The van der Waals surface area contributed by atoms with Gasteiger partial charge in [0.25, 0.3) is 10.0 Å². The van der Waals surface area contributed by atoms with E-state index in [1.54, 1.807) is 11.4 Å². The number of piperidine rings is 1. The van der Waals surface area contributed by atoms with E-state index in [-0.39, 0.29) is 23.2 Å². The maximum atomic E-state index is 12.1. The smallest absolute Gasteiger partial charge is 0.308 e. The van der Waals surface area contributed by atoms with E-state index in [0.29, 0.717) is 13.0 Å². The van der Waals surface area contributed by atoms with Gasteiger partial charge in [-0.15, -0.1) is 11.3 Å². The second kappa shape index (κ2) is 6.76. The van der Waals surface area contributed by atoms with Crippen molar-refractivity contribution < 1.29 is 23.1 Å². The standard InChI is InChI=1S/C13H18N2O5S2/c1-9-5-10(13(17)18)8-15(7-9)11(16)6-14-22(19,20)12-3-2-4-21-12/h2-4,9-10,14H,5-8H2,1H3,(H,17,18). The molecule has 2 heterocycles. The predicted octanol–water partition coefficient (Wildman–Crippen LogP) is 0.596. The molecule has 2 atom stereocenters. The van der Waals surface area contributed by atoms with Crippen LogP contribution in [-0.2, 0) is 19.6 Å². The largest absolute Gasteiger partial charge is 0.481 e. The molecular weight excluding hydrogens is 328 g/mol. The maximum Gasteiger partial charge on any atom is 0.308 e. The molecule has 0 bridgehead atoms. The molecule has 0 spiro atoms. The van der Waals surface area contributed by atoms with Gasteiger partial charge in [0.1, 0.15) is 4.21 Å². The molecule has 1 amide bonds. The van der Waals surface area contributed by atoms with Gasteiger partial charge in [0, 0.05) is 13.1 Å². The topological polar surface area (TPSA) is 104 Å². The number of sulfonamides is 1. The number of nitrogens with one attached hydrogen (secondary N) is 1. The number of likely N-dealkylation sites (tertiary alicyclic amines) is 1. The average molecular weight is 346 g/mol. The quantitative estimate of drug-likeness (QED) is 0.812. The van der Waals surface area contributed by atoms with E-state index in [1.165, 1.54) is 11.0 Å². The van der Waals surface area contributed by atoms with Gasteiger partial charge in [0.15, 0.2) is 0 Å². The summed E-state index contributed by atoms with van der Waals surface area (Å²) >= 11 is 1.07. The Morgan fingerprint density at radius 2 is 2.18 bits per heavy atom. The molecule has 1 fully saturated rings. The lowest BCUT2D eigenvalue weighted by Gasteiger charge is -2.34. The lowest BCUT2D eigenvalue weighted by atomic mass is 9.90. The number of rotatable bonds is 5. The normalized spacial score (nSPS) is 22.5. The molecule has 0 aromatic carbocycles. The second-order valence-corrected chi connectivity index (χ2v) is 8.37. The molecule has 22 heavy (non-hydrogen) atoms. The van der Waals surface area contributed by atoms with Crippen LogP contribution in [-0.4, -0.2) is 49.9 Å². The first kappa shape index (κ1) is 16.9. The van der Waals surface area contributed by atoms with Crippen LogP contribution in [0.15, 0.2) is 21.7 Å². The highest BCUT2D eigenvalue weighted by atomic mass is 32.2. The summed E-state index contributed by atoms with van der Waals surface area (Å²) in [5, 5.41) is 10.7. The number of carbonyl (C=O) groups is 2. The number of carbonyl (C=O) groups excluding carboxylic acids is 1. The number of hydrogen-bond acceptors (Lipinski definition) is 5. The predicted molar refractivity (Wildman–Crippen MR) is 81.0 cm³/mol. The van der Waals surface area contributed by atoms with Gasteiger partial charge in [-0.25, -0.2) is 13.1 Å². The summed E-state index contributed by atoms with van der Waals surface area (Å²) in [6, 6.07) is 3.08. The van der Waals surface area contributed by atoms with Gasteiger partial charge in [-0.05, 0) is 23.8 Å². The SMILES string of the molecule is CC1CC(C(=O)O)CN(C(=O)CNS(=O)(=O)c2cccs2)C1. The summed E-state index contributed by atoms with van der Waals surface area (Å²) in [6.45, 7) is 2.09. The lowest BCUT2D eigenvalue weighted by Crippen LogP contribution is -2.48. The second-order valence-electron chi connectivity index (χ2n) is 5.43. The molecule has 2 rings (SSSR count). The lowest BCUT2D eigenvalue weighted by molar-refractivity contribution is -0.146. The van der Waals surface area contributed by atoms with E-state index >= 15 is 0 Å². The zero-order chi connectivity index (χ0) is 16.3. The zero-order valence-electron chi connectivity index (χ0n) is 12.1. The van der Waals surface area contributed by atoms with E-state index in [2.05, 4.69) is 4.72 Å². The van der Waals surface area contributed by atoms with Crippen molar-refractivity contribution in [2.24, 2.45) is 11.8 Å². The Morgan fingerprint density at radius 1 is 1.45 bits per heavy atom. The first-order chi connectivity index (χ1) is 10.3. The van der Waals surface area contributed by atoms with E-state index in [4.69, 9.17) is 5.11 Å². The fourth-order valence-electron chi connectivity index (χ4n) is 2.49. The molecular formula is C13H18N2O5S2.